The third-order valence-corrected chi connectivity index (χ3v) is 1.91. The first-order valence-electron chi connectivity index (χ1n) is 3.91. The quantitative estimate of drug-likeness (QED) is 0.488. The van der Waals surface area contributed by atoms with Gasteiger partial charge in [0.2, 0.25) is 0 Å². The number of carbonyl (C=O) groups excluding carboxylic acids is 1. The van der Waals surface area contributed by atoms with Crippen molar-refractivity contribution in [3.8, 4) is 0 Å². The first-order chi connectivity index (χ1) is 4.39. The molecule has 1 heteroatoms. The van der Waals surface area contributed by atoms with E-state index in [1.54, 1.807) is 0 Å². The summed E-state index contributed by atoms with van der Waals surface area (Å²) in [5.41, 5.74) is 0. The Morgan fingerprint density at radius 3 is 1.89 bits per heavy atom. The highest BCUT2D eigenvalue weighted by atomic mass is 16.1. The second kappa shape index (κ2) is 3.65. The van der Waals surface area contributed by atoms with E-state index >= 15 is 0 Å². The predicted octanol–water partition coefficient (Wildman–Crippen LogP) is 2.41. The molecule has 0 N–H and O–H groups in total. The van der Waals surface area contributed by atoms with Crippen LogP contribution in [-0.2, 0) is 4.79 Å². The lowest BCUT2D eigenvalue weighted by atomic mass is 10.0. The van der Waals surface area contributed by atoms with Gasteiger partial charge in [-0.25, -0.2) is 0 Å². The molecule has 1 saturated carbocycles. The smallest absolute Gasteiger partial charge is 0.300 e. The molecule has 0 aliphatic heterocycles. The van der Waals surface area contributed by atoms with E-state index in [0.29, 0.717) is 5.78 Å². The number of Topliss-reactive ketones (excluding diaryl/α,β-unsaturated/α-hetero) is 1. The van der Waals surface area contributed by atoms with Crippen molar-refractivity contribution in [1.82, 2.24) is 0 Å². The average Bonchev–Trinajstić information content (AvgIpc) is 1.79. The highest BCUT2D eigenvalue weighted by Crippen LogP contribution is 2.13. The molecule has 1 aliphatic rings. The molecule has 0 aromatic carbocycles. The van der Waals surface area contributed by atoms with Gasteiger partial charge in [0.15, 0.2) is 0 Å². The van der Waals surface area contributed by atoms with Crippen LogP contribution in [0, 0.1) is 0 Å². The molecule has 0 spiro atoms. The van der Waals surface area contributed by atoms with Gasteiger partial charge in [-0.15, -0.1) is 0 Å². The van der Waals surface area contributed by atoms with Gasteiger partial charge in [0.05, 0.1) is 0 Å². The Morgan fingerprint density at radius 1 is 0.889 bits per heavy atom. The van der Waals surface area contributed by atoms with E-state index in [1.807, 2.05) is 0 Å². The first kappa shape index (κ1) is 6.79. The average molecular weight is 127 g/mol. The molecule has 0 saturated heterocycles. The summed E-state index contributed by atoms with van der Waals surface area (Å²) < 4.78 is 0. The van der Waals surface area contributed by atoms with Crippen LogP contribution in [0.2, 0.25) is 0 Å². The second-order valence-electron chi connectivity index (χ2n) is 2.81. The summed E-state index contributed by atoms with van der Waals surface area (Å²) in [4.78, 5) is 10.8. The van der Waals surface area contributed by atoms with Crippen molar-refractivity contribution in [2.45, 2.75) is 44.9 Å². The lowest BCUT2D eigenvalue weighted by Gasteiger charge is -2.05. The van der Waals surface area contributed by atoms with Crippen molar-refractivity contribution in [2.75, 3.05) is 0 Å². The Balaban J connectivity index is 0.000000810. The van der Waals surface area contributed by atoms with E-state index < -0.39 is 0 Å². The molecule has 0 bridgehead atoms. The molecule has 0 atom stereocenters. The minimum absolute atomic E-state index is 0. The summed E-state index contributed by atoms with van der Waals surface area (Å²) in [6.45, 7) is 0. The Labute approximate surface area is 57.9 Å². The maximum absolute atomic E-state index is 10.8. The van der Waals surface area contributed by atoms with Gasteiger partial charge in [-0.05, 0) is 12.8 Å². The molecule has 52 valence electrons. The molecule has 9 heavy (non-hydrogen) atoms. The van der Waals surface area contributed by atoms with Gasteiger partial charge in [0, 0.05) is 12.8 Å². The molecule has 0 aromatic heterocycles. The fourth-order valence-electron chi connectivity index (χ4n) is 1.30. The van der Waals surface area contributed by atoms with Gasteiger partial charge < -0.3 is 0 Å². The summed E-state index contributed by atoms with van der Waals surface area (Å²) in [6, 6.07) is 0. The minimum Gasteiger partial charge on any atom is -0.300 e. The van der Waals surface area contributed by atoms with Gasteiger partial charge in [-0.1, -0.05) is 19.3 Å². The van der Waals surface area contributed by atoms with Crippen LogP contribution in [0.4, 0.5) is 0 Å². The molecule has 0 heterocycles. The van der Waals surface area contributed by atoms with Crippen molar-refractivity contribution in [2.24, 2.45) is 0 Å². The highest BCUT2D eigenvalue weighted by molar-refractivity contribution is 5.78. The van der Waals surface area contributed by atoms with E-state index in [-0.39, 0.29) is 1.43 Å². The third-order valence-electron chi connectivity index (χ3n) is 1.91. The molecular formula is C8H15O+. The standard InChI is InChI=1S/C8H14O/c9-8-6-4-2-1-3-5-7-8/h1-7H2/p+1. The topological polar surface area (TPSA) is 17.1 Å². The van der Waals surface area contributed by atoms with Crippen LogP contribution in [0.5, 0.6) is 0 Å². The molecular weight excluding hydrogens is 112 g/mol. The molecule has 1 rings (SSSR count). The van der Waals surface area contributed by atoms with Crippen molar-refractivity contribution in [3.63, 3.8) is 0 Å². The molecule has 0 unspecified atom stereocenters. The van der Waals surface area contributed by atoms with Crippen molar-refractivity contribution in [1.29, 1.82) is 0 Å². The Bertz CT molecular complexity index is 91.4. The van der Waals surface area contributed by atoms with Crippen LogP contribution in [0.25, 0.3) is 0 Å². The van der Waals surface area contributed by atoms with E-state index in [0.717, 1.165) is 25.7 Å². The van der Waals surface area contributed by atoms with Gasteiger partial charge in [0.1, 0.15) is 5.78 Å². The van der Waals surface area contributed by atoms with Crippen LogP contribution in [0.1, 0.15) is 46.4 Å². The van der Waals surface area contributed by atoms with E-state index in [2.05, 4.69) is 0 Å². The van der Waals surface area contributed by atoms with Gasteiger partial charge in [0.25, 0.3) is 0 Å². The van der Waals surface area contributed by atoms with Crippen molar-refractivity contribution >= 4 is 5.78 Å². The second-order valence-corrected chi connectivity index (χ2v) is 2.81. The Hall–Kier alpha value is -0.330. The first-order valence-corrected chi connectivity index (χ1v) is 3.91. The van der Waals surface area contributed by atoms with Crippen molar-refractivity contribution in [3.05, 3.63) is 0 Å². The van der Waals surface area contributed by atoms with Gasteiger partial charge in [-0.3, -0.25) is 4.79 Å². The van der Waals surface area contributed by atoms with Crippen LogP contribution >= 0.6 is 0 Å². The normalized spacial score (nSPS) is 22.9. The number of hydrogen-bond acceptors (Lipinski definition) is 1. The largest absolute Gasteiger partial charge is 1.00 e. The zero-order chi connectivity index (χ0) is 6.53. The van der Waals surface area contributed by atoms with E-state index in [9.17, 15) is 4.79 Å². The minimum atomic E-state index is 0. The zero-order valence-electron chi connectivity index (χ0n) is 6.86. The van der Waals surface area contributed by atoms with E-state index in [1.165, 1.54) is 19.3 Å². The number of hydrogen-bond donors (Lipinski definition) is 0. The SMILES string of the molecule is O=C1CCCCCCC1.[H+]. The van der Waals surface area contributed by atoms with Crippen LogP contribution in [0.15, 0.2) is 0 Å². The molecule has 1 aliphatic carbocycles. The number of ketones is 1. The number of carbonyl (C=O) groups is 1. The summed E-state index contributed by atoms with van der Waals surface area (Å²) in [5.74, 6) is 0.481. The fraction of sp³-hybridized carbons (Fsp3) is 0.875. The van der Waals surface area contributed by atoms with Gasteiger partial charge in [-0.2, -0.15) is 0 Å². The maximum atomic E-state index is 10.8. The predicted molar refractivity (Wildman–Crippen MR) is 38.4 cm³/mol. The van der Waals surface area contributed by atoms with Crippen LogP contribution in [-0.4, -0.2) is 5.78 Å². The highest BCUT2D eigenvalue weighted by Gasteiger charge is 2.04. The molecule has 0 aromatic rings. The lowest BCUT2D eigenvalue weighted by molar-refractivity contribution is -0.119. The van der Waals surface area contributed by atoms with Gasteiger partial charge >= 0.3 is 1.43 Å². The molecule has 1 nitrogen and oxygen atoms in total. The van der Waals surface area contributed by atoms with E-state index in [4.69, 9.17) is 0 Å². The fourth-order valence-corrected chi connectivity index (χ4v) is 1.30. The number of rotatable bonds is 0. The molecule has 0 amide bonds. The Morgan fingerprint density at radius 2 is 1.33 bits per heavy atom. The summed E-state index contributed by atoms with van der Waals surface area (Å²) in [5, 5.41) is 0. The summed E-state index contributed by atoms with van der Waals surface area (Å²) >= 11 is 0. The lowest BCUT2D eigenvalue weighted by Crippen LogP contribution is -2.00. The summed E-state index contributed by atoms with van der Waals surface area (Å²) in [7, 11) is 0. The van der Waals surface area contributed by atoms with Crippen LogP contribution < -0.4 is 0 Å². The van der Waals surface area contributed by atoms with Crippen molar-refractivity contribution < 1.29 is 6.22 Å². The maximum Gasteiger partial charge on any atom is 1.00 e. The third kappa shape index (κ3) is 2.64. The summed E-state index contributed by atoms with van der Waals surface area (Å²) in [6.07, 6.45) is 7.85. The Kier molecular flexibility index (Phi) is 2.75. The molecule has 1 fully saturated rings. The van der Waals surface area contributed by atoms with Crippen LogP contribution in [0.3, 0.4) is 0 Å². The molecule has 0 radical (unpaired) electrons. The zero-order valence-corrected chi connectivity index (χ0v) is 5.86. The monoisotopic (exact) mass is 127 g/mol.